The maximum atomic E-state index is 12.0. The van der Waals surface area contributed by atoms with Crippen LogP contribution < -0.4 is 4.72 Å². The van der Waals surface area contributed by atoms with Crippen LogP contribution in [0.2, 0.25) is 0 Å². The van der Waals surface area contributed by atoms with Crippen molar-refractivity contribution < 1.29 is 17.9 Å². The second kappa shape index (κ2) is 10.0. The molecule has 0 aromatic heterocycles. The van der Waals surface area contributed by atoms with Crippen molar-refractivity contribution in [3.8, 4) is 0 Å². The fourth-order valence-corrected chi connectivity index (χ4v) is 4.21. The van der Waals surface area contributed by atoms with Crippen LogP contribution in [0.3, 0.4) is 0 Å². The topological polar surface area (TPSA) is 84.8 Å². The Labute approximate surface area is 171 Å². The number of esters is 1. The van der Waals surface area contributed by atoms with Gasteiger partial charge in [-0.1, -0.05) is 55.0 Å². The summed E-state index contributed by atoms with van der Waals surface area (Å²) < 4.78 is 31.7. The van der Waals surface area contributed by atoms with Crippen LogP contribution in [0.25, 0.3) is 6.08 Å². The number of hydrogen-bond donors (Lipinski definition) is 1. The maximum absolute atomic E-state index is 12.0. The lowest BCUT2D eigenvalue weighted by atomic mass is 10.2. The number of benzene rings is 2. The highest BCUT2D eigenvalue weighted by Gasteiger charge is 2.29. The minimum Gasteiger partial charge on any atom is -0.461 e. The summed E-state index contributed by atoms with van der Waals surface area (Å²) in [5.41, 5.74) is 1.68. The van der Waals surface area contributed by atoms with Gasteiger partial charge in [0, 0.05) is 18.5 Å². The van der Waals surface area contributed by atoms with Gasteiger partial charge in [-0.05, 0) is 36.6 Å². The molecule has 6 nitrogen and oxygen atoms in total. The van der Waals surface area contributed by atoms with Gasteiger partial charge in [0.2, 0.25) is 0 Å². The molecule has 0 bridgehead atoms. The van der Waals surface area contributed by atoms with Crippen LogP contribution in [-0.2, 0) is 19.6 Å². The number of unbranched alkanes of at least 4 members (excludes halogenated alkanes) is 2. The summed E-state index contributed by atoms with van der Waals surface area (Å²) in [7, 11) is -3.49. The predicted octanol–water partition coefficient (Wildman–Crippen LogP) is 3.54. The van der Waals surface area contributed by atoms with E-state index in [1.54, 1.807) is 24.3 Å². The number of sulfonamides is 1. The highest BCUT2D eigenvalue weighted by Crippen LogP contribution is 2.22. The molecule has 0 saturated heterocycles. The Morgan fingerprint density at radius 1 is 1.00 bits per heavy atom. The van der Waals surface area contributed by atoms with E-state index in [2.05, 4.69) is 9.71 Å². The minimum atomic E-state index is -3.49. The molecule has 1 heterocycles. The zero-order valence-electron chi connectivity index (χ0n) is 16.1. The molecule has 152 valence electrons. The van der Waals surface area contributed by atoms with E-state index >= 15 is 0 Å². The van der Waals surface area contributed by atoms with E-state index < -0.39 is 10.0 Å². The van der Waals surface area contributed by atoms with Gasteiger partial charge in [-0.3, -0.25) is 14.5 Å². The molecule has 0 saturated carbocycles. The molecule has 0 fully saturated rings. The maximum Gasteiger partial charge on any atom is 0.306 e. The van der Waals surface area contributed by atoms with Crippen LogP contribution in [0.4, 0.5) is 0 Å². The molecule has 2 aromatic rings. The summed E-state index contributed by atoms with van der Waals surface area (Å²) in [5, 5.41) is 0. The second-order valence-electron chi connectivity index (χ2n) is 6.64. The number of ether oxygens (including phenoxy) is 1. The van der Waals surface area contributed by atoms with Crippen LogP contribution in [0.5, 0.6) is 0 Å². The van der Waals surface area contributed by atoms with E-state index in [1.807, 2.05) is 42.5 Å². The number of carbonyl (C=O) groups is 1. The third-order valence-electron chi connectivity index (χ3n) is 4.42. The van der Waals surface area contributed by atoms with E-state index in [0.29, 0.717) is 30.8 Å². The van der Waals surface area contributed by atoms with Crippen molar-refractivity contribution in [2.45, 2.75) is 30.6 Å². The number of aliphatic imine (C=N–C) groups is 1. The number of rotatable bonds is 9. The number of carbonyl (C=O) groups excluding carboxylic acids is 1. The molecular weight excluding hydrogens is 388 g/mol. The first-order chi connectivity index (χ1) is 14.1. The number of nitrogens with one attached hydrogen (secondary N) is 1. The van der Waals surface area contributed by atoms with Crippen LogP contribution in [0.1, 0.15) is 36.8 Å². The average Bonchev–Trinajstić information content (AvgIpc) is 2.99. The molecule has 1 N–H and O–H groups in total. The van der Waals surface area contributed by atoms with Gasteiger partial charge < -0.3 is 4.74 Å². The lowest BCUT2D eigenvalue weighted by Gasteiger charge is -2.02. The number of amidine groups is 1. The molecule has 3 rings (SSSR count). The molecule has 1 aliphatic rings. The van der Waals surface area contributed by atoms with Crippen LogP contribution >= 0.6 is 0 Å². The zero-order chi connectivity index (χ0) is 20.5. The average molecular weight is 413 g/mol. The van der Waals surface area contributed by atoms with Crippen molar-refractivity contribution >= 4 is 27.9 Å². The van der Waals surface area contributed by atoms with Gasteiger partial charge in [0.15, 0.2) is 0 Å². The number of hydrogen-bond acceptors (Lipinski definition) is 5. The van der Waals surface area contributed by atoms with E-state index in [9.17, 15) is 13.2 Å². The lowest BCUT2D eigenvalue weighted by molar-refractivity contribution is -0.142. The fraction of sp³-hybridized carbons (Fsp3) is 0.273. The Hall–Kier alpha value is -2.93. The first-order valence-corrected chi connectivity index (χ1v) is 11.1. The molecule has 1 aliphatic heterocycles. The Morgan fingerprint density at radius 2 is 1.76 bits per heavy atom. The predicted molar refractivity (Wildman–Crippen MR) is 113 cm³/mol. The molecule has 0 amide bonds. The summed E-state index contributed by atoms with van der Waals surface area (Å²) in [5.74, 6) is 0.178. The second-order valence-corrected chi connectivity index (χ2v) is 8.29. The molecule has 7 heteroatoms. The summed E-state index contributed by atoms with van der Waals surface area (Å²) in [4.78, 5) is 16.4. The molecular formula is C22H24N2O4S. The first-order valence-electron chi connectivity index (χ1n) is 9.60. The van der Waals surface area contributed by atoms with Gasteiger partial charge in [-0.25, -0.2) is 8.42 Å². The first kappa shape index (κ1) is 20.8. The molecule has 0 aliphatic carbocycles. The van der Waals surface area contributed by atoms with Crippen molar-refractivity contribution in [2.24, 2.45) is 4.99 Å². The quantitative estimate of drug-likeness (QED) is 0.504. The van der Waals surface area contributed by atoms with Crippen LogP contribution in [0.15, 0.2) is 70.6 Å². The van der Waals surface area contributed by atoms with Gasteiger partial charge in [0.1, 0.15) is 12.4 Å². The van der Waals surface area contributed by atoms with Gasteiger partial charge in [-0.2, -0.15) is 0 Å². The largest absolute Gasteiger partial charge is 0.461 e. The van der Waals surface area contributed by atoms with E-state index in [4.69, 9.17) is 4.74 Å². The Balaban J connectivity index is 1.32. The number of nitrogens with zero attached hydrogens (tertiary/aromatic N) is 1. The normalized spacial score (nSPS) is 15.9. The summed E-state index contributed by atoms with van der Waals surface area (Å²) >= 11 is 0. The van der Waals surface area contributed by atoms with E-state index in [1.165, 1.54) is 0 Å². The summed E-state index contributed by atoms with van der Waals surface area (Å²) in [6.45, 7) is 0.766. The van der Waals surface area contributed by atoms with Gasteiger partial charge in [0.25, 0.3) is 10.0 Å². The number of fused-ring (bicyclic) bond motifs is 1. The minimum absolute atomic E-state index is 0.216. The summed E-state index contributed by atoms with van der Waals surface area (Å²) in [6, 6.07) is 16.6. The standard InChI is InChI=1S/C22H24N2O4S/c25-21(28-17-9-12-18-10-3-1-4-11-18)15-5-2-8-16-23-22-19-13-6-7-14-20(19)29(26,27)24-22/h1,3-4,6-7,9-14H,2,5,8,15-17H2,(H,23,24)/b12-9+. The highest BCUT2D eigenvalue weighted by atomic mass is 32.2. The molecule has 0 atom stereocenters. The van der Waals surface area contributed by atoms with Gasteiger partial charge in [0.05, 0.1) is 4.90 Å². The third-order valence-corrected chi connectivity index (χ3v) is 5.82. The van der Waals surface area contributed by atoms with E-state index in [-0.39, 0.29) is 17.5 Å². The molecule has 0 unspecified atom stereocenters. The Bertz CT molecular complexity index is 998. The molecule has 0 radical (unpaired) electrons. The SMILES string of the molecule is O=C(CCCCCN=C1NS(=O)(=O)c2ccccc21)OC/C=C/c1ccccc1. The Kier molecular flexibility index (Phi) is 7.19. The lowest BCUT2D eigenvalue weighted by Crippen LogP contribution is -2.22. The van der Waals surface area contributed by atoms with Crippen molar-refractivity contribution in [3.63, 3.8) is 0 Å². The monoisotopic (exact) mass is 412 g/mol. The molecule has 0 spiro atoms. The molecule has 2 aromatic carbocycles. The van der Waals surface area contributed by atoms with E-state index in [0.717, 1.165) is 18.4 Å². The van der Waals surface area contributed by atoms with Crippen LogP contribution in [-0.4, -0.2) is 33.4 Å². The van der Waals surface area contributed by atoms with Crippen LogP contribution in [0, 0.1) is 0 Å². The Morgan fingerprint density at radius 3 is 2.59 bits per heavy atom. The summed E-state index contributed by atoms with van der Waals surface area (Å²) in [6.07, 6.45) is 6.42. The van der Waals surface area contributed by atoms with Gasteiger partial charge in [-0.15, -0.1) is 0 Å². The van der Waals surface area contributed by atoms with Gasteiger partial charge >= 0.3 is 5.97 Å². The fourth-order valence-electron chi connectivity index (χ4n) is 2.96. The molecule has 29 heavy (non-hydrogen) atoms. The zero-order valence-corrected chi connectivity index (χ0v) is 16.9. The smallest absolute Gasteiger partial charge is 0.306 e. The van der Waals surface area contributed by atoms with Crippen molar-refractivity contribution in [1.82, 2.24) is 4.72 Å². The van der Waals surface area contributed by atoms with Crippen molar-refractivity contribution in [3.05, 3.63) is 71.8 Å². The highest BCUT2D eigenvalue weighted by molar-refractivity contribution is 7.90. The van der Waals surface area contributed by atoms with Crippen molar-refractivity contribution in [2.75, 3.05) is 13.2 Å². The third kappa shape index (κ3) is 6.02. The van der Waals surface area contributed by atoms with Crippen molar-refractivity contribution in [1.29, 1.82) is 0 Å².